The normalized spacial score (nSPS) is 13.4. The molecule has 0 radical (unpaired) electrons. The molecular weight excluding hydrogens is 446 g/mol. The molecule has 2 aromatic carbocycles. The molecule has 2 atom stereocenters. The Labute approximate surface area is 192 Å². The van der Waals surface area contributed by atoms with E-state index in [9.17, 15) is 18.4 Å². The van der Waals surface area contributed by atoms with E-state index in [0.29, 0.717) is 10.8 Å². The monoisotopic (exact) mass is 468 g/mol. The van der Waals surface area contributed by atoms with Crippen molar-refractivity contribution < 1.29 is 27.8 Å². The van der Waals surface area contributed by atoms with Crippen LogP contribution in [-0.4, -0.2) is 33.5 Å². The zero-order valence-electron chi connectivity index (χ0n) is 17.9. The van der Waals surface area contributed by atoms with Gasteiger partial charge in [-0.15, -0.1) is 0 Å². The predicted molar refractivity (Wildman–Crippen MR) is 121 cm³/mol. The molecule has 10 heteroatoms. The zero-order chi connectivity index (χ0) is 24.2. The first-order chi connectivity index (χ1) is 16.3. The van der Waals surface area contributed by atoms with Crippen molar-refractivity contribution in [2.75, 3.05) is 0 Å². The lowest BCUT2D eigenvalue weighted by Crippen LogP contribution is -2.32. The molecule has 34 heavy (non-hydrogen) atoms. The SMILES string of the molecule is NC(Cn1ccc2cc(F)ccc21)OC(=O)/C=C/C(=O)OC(N)Cn1ccc2cc(F)ccc21. The Balaban J connectivity index is 1.26. The molecule has 0 bridgehead atoms. The summed E-state index contributed by atoms with van der Waals surface area (Å²) in [7, 11) is 0. The first-order valence-electron chi connectivity index (χ1n) is 10.4. The number of rotatable bonds is 8. The van der Waals surface area contributed by atoms with Gasteiger partial charge >= 0.3 is 11.9 Å². The highest BCUT2D eigenvalue weighted by atomic mass is 19.1. The van der Waals surface area contributed by atoms with E-state index in [1.807, 2.05) is 0 Å². The lowest BCUT2D eigenvalue weighted by atomic mass is 10.2. The van der Waals surface area contributed by atoms with E-state index in [2.05, 4.69) is 0 Å². The van der Waals surface area contributed by atoms with Crippen molar-refractivity contribution in [1.82, 2.24) is 9.13 Å². The van der Waals surface area contributed by atoms with E-state index < -0.39 is 24.4 Å². The van der Waals surface area contributed by atoms with E-state index >= 15 is 0 Å². The zero-order valence-corrected chi connectivity index (χ0v) is 17.9. The molecule has 0 aliphatic rings. The van der Waals surface area contributed by atoms with Crippen LogP contribution in [0.3, 0.4) is 0 Å². The summed E-state index contributed by atoms with van der Waals surface area (Å²) < 4.78 is 40.2. The van der Waals surface area contributed by atoms with Gasteiger partial charge in [-0.3, -0.25) is 11.5 Å². The summed E-state index contributed by atoms with van der Waals surface area (Å²) in [4.78, 5) is 24.0. The summed E-state index contributed by atoms with van der Waals surface area (Å²) in [6.07, 6.45) is 3.21. The minimum atomic E-state index is -0.997. The van der Waals surface area contributed by atoms with E-state index in [0.717, 1.165) is 23.2 Å². The van der Waals surface area contributed by atoms with E-state index in [1.54, 1.807) is 45.8 Å². The van der Waals surface area contributed by atoms with Crippen molar-refractivity contribution in [3.05, 3.63) is 84.7 Å². The first kappa shape index (κ1) is 23.1. The van der Waals surface area contributed by atoms with E-state index in [-0.39, 0.29) is 24.7 Å². The van der Waals surface area contributed by atoms with Crippen LogP contribution in [0.25, 0.3) is 21.8 Å². The number of fused-ring (bicyclic) bond motifs is 2. The van der Waals surface area contributed by atoms with Crippen LogP contribution in [0.2, 0.25) is 0 Å². The summed E-state index contributed by atoms with van der Waals surface area (Å²) in [6, 6.07) is 12.1. The maximum absolute atomic E-state index is 13.3. The van der Waals surface area contributed by atoms with Crippen LogP contribution in [0, 0.1) is 11.6 Å². The molecule has 0 aliphatic carbocycles. The molecule has 0 amide bonds. The van der Waals surface area contributed by atoms with E-state index in [4.69, 9.17) is 20.9 Å². The third kappa shape index (κ3) is 5.48. The highest BCUT2D eigenvalue weighted by Gasteiger charge is 2.13. The fourth-order valence-electron chi connectivity index (χ4n) is 3.64. The molecule has 0 saturated carbocycles. The fraction of sp³-hybridized carbons (Fsp3) is 0.167. The maximum atomic E-state index is 13.3. The molecule has 4 N–H and O–H groups in total. The standard InChI is InChI=1S/C24H22F2N4O4/c25-17-1-3-19-15(11-17)7-9-29(19)13-21(27)33-23(31)5-6-24(32)34-22(28)14-30-10-8-16-12-18(26)2-4-20(16)30/h1-12,21-22H,13-14,27-28H2/b6-5+. The smallest absolute Gasteiger partial charge is 0.332 e. The van der Waals surface area contributed by atoms with Gasteiger partial charge in [-0.05, 0) is 48.5 Å². The van der Waals surface area contributed by atoms with Gasteiger partial charge in [0.2, 0.25) is 0 Å². The van der Waals surface area contributed by atoms with Crippen molar-refractivity contribution in [3.63, 3.8) is 0 Å². The summed E-state index contributed by atoms with van der Waals surface area (Å²) in [6.45, 7) is 0.275. The Morgan fingerprint density at radius 3 is 1.59 bits per heavy atom. The summed E-state index contributed by atoms with van der Waals surface area (Å²) in [5.74, 6) is -2.37. The maximum Gasteiger partial charge on any atom is 0.332 e. The Kier molecular flexibility index (Phi) is 6.71. The molecule has 4 rings (SSSR count). The topological polar surface area (TPSA) is 114 Å². The van der Waals surface area contributed by atoms with Crippen molar-refractivity contribution in [2.24, 2.45) is 11.5 Å². The Morgan fingerprint density at radius 1 is 0.765 bits per heavy atom. The number of carbonyl (C=O) groups excluding carboxylic acids is 2. The van der Waals surface area contributed by atoms with Gasteiger partial charge in [0.1, 0.15) is 11.6 Å². The number of halogens is 2. The van der Waals surface area contributed by atoms with Crippen molar-refractivity contribution in [2.45, 2.75) is 25.5 Å². The van der Waals surface area contributed by atoms with Gasteiger partial charge in [-0.25, -0.2) is 18.4 Å². The second-order valence-electron chi connectivity index (χ2n) is 7.63. The number of aromatic nitrogens is 2. The first-order valence-corrected chi connectivity index (χ1v) is 10.4. The molecule has 2 heterocycles. The summed E-state index contributed by atoms with van der Waals surface area (Å²) in [5, 5.41) is 1.38. The van der Waals surface area contributed by atoms with Gasteiger partial charge in [0.25, 0.3) is 0 Å². The third-order valence-corrected chi connectivity index (χ3v) is 5.11. The highest BCUT2D eigenvalue weighted by Crippen LogP contribution is 2.18. The molecule has 2 unspecified atom stereocenters. The quantitative estimate of drug-likeness (QED) is 0.234. The highest BCUT2D eigenvalue weighted by molar-refractivity contribution is 5.91. The van der Waals surface area contributed by atoms with Crippen LogP contribution < -0.4 is 11.5 Å². The molecule has 0 saturated heterocycles. The number of hydrogen-bond donors (Lipinski definition) is 2. The molecule has 8 nitrogen and oxygen atoms in total. The molecule has 4 aromatic rings. The minimum absolute atomic E-state index is 0.138. The van der Waals surface area contributed by atoms with Crippen molar-refractivity contribution >= 4 is 33.7 Å². The number of hydrogen-bond acceptors (Lipinski definition) is 6. The Hall–Kier alpha value is -4.02. The van der Waals surface area contributed by atoms with E-state index in [1.165, 1.54) is 24.3 Å². The lowest BCUT2D eigenvalue weighted by Gasteiger charge is -2.14. The number of nitrogens with two attached hydrogens (primary N) is 2. The molecular formula is C24H22F2N4O4. The van der Waals surface area contributed by atoms with Crippen LogP contribution in [0.15, 0.2) is 73.1 Å². The predicted octanol–water partition coefficient (Wildman–Crippen LogP) is 2.79. The minimum Gasteiger partial charge on any atom is -0.442 e. The number of nitrogens with zero attached hydrogens (tertiary/aromatic N) is 2. The molecule has 0 spiro atoms. The third-order valence-electron chi connectivity index (χ3n) is 5.11. The van der Waals surface area contributed by atoms with Crippen LogP contribution >= 0.6 is 0 Å². The van der Waals surface area contributed by atoms with Crippen LogP contribution in [0.1, 0.15) is 0 Å². The summed E-state index contributed by atoms with van der Waals surface area (Å²) in [5.41, 5.74) is 13.2. The van der Waals surface area contributed by atoms with Crippen LogP contribution in [0.4, 0.5) is 8.78 Å². The second kappa shape index (κ2) is 9.86. The largest absolute Gasteiger partial charge is 0.442 e. The van der Waals surface area contributed by atoms with Crippen LogP contribution in [-0.2, 0) is 32.2 Å². The number of ether oxygens (including phenoxy) is 2. The lowest BCUT2D eigenvalue weighted by molar-refractivity contribution is -0.146. The van der Waals surface area contributed by atoms with Crippen LogP contribution in [0.5, 0.6) is 0 Å². The van der Waals surface area contributed by atoms with Crippen molar-refractivity contribution in [1.29, 1.82) is 0 Å². The average molecular weight is 468 g/mol. The van der Waals surface area contributed by atoms with Gasteiger partial charge in [0.05, 0.1) is 13.1 Å². The molecule has 0 aliphatic heterocycles. The van der Waals surface area contributed by atoms with Gasteiger partial charge in [-0.1, -0.05) is 0 Å². The number of benzene rings is 2. The van der Waals surface area contributed by atoms with Crippen molar-refractivity contribution in [3.8, 4) is 0 Å². The van der Waals surface area contributed by atoms with Gasteiger partial charge < -0.3 is 18.6 Å². The Morgan fingerprint density at radius 2 is 1.18 bits per heavy atom. The van der Waals surface area contributed by atoms with Gasteiger partial charge in [0, 0.05) is 46.4 Å². The average Bonchev–Trinajstić information content (AvgIpc) is 3.35. The van der Waals surface area contributed by atoms with Gasteiger partial charge in [-0.2, -0.15) is 0 Å². The molecule has 176 valence electrons. The second-order valence-corrected chi connectivity index (χ2v) is 7.63. The number of esters is 2. The Bertz CT molecular complexity index is 1270. The number of carbonyl (C=O) groups is 2. The molecule has 0 fully saturated rings. The summed E-state index contributed by atoms with van der Waals surface area (Å²) >= 11 is 0. The van der Waals surface area contributed by atoms with Gasteiger partial charge in [0.15, 0.2) is 12.5 Å². The fourth-order valence-corrected chi connectivity index (χ4v) is 3.64. The molecule has 2 aromatic heterocycles.